The highest BCUT2D eigenvalue weighted by Gasteiger charge is 2.18. The standard InChI is InChI=1S/C49H86O6/c1-3-5-7-9-11-13-15-17-19-21-23-25-27-29-31-33-35-37-39-54-48(52)45-41-44(47(50)51)42-46(43-45)49(53)55-40-38-36-34-32-30-28-26-24-22-20-18-16-14-12-10-8-6-4-2/h41-43H,3-40H2,1-2H3,(H,50,51). The summed E-state index contributed by atoms with van der Waals surface area (Å²) in [6.07, 6.45) is 46.6. The van der Waals surface area contributed by atoms with Gasteiger partial charge in [0.2, 0.25) is 0 Å². The van der Waals surface area contributed by atoms with E-state index in [-0.39, 0.29) is 29.9 Å². The minimum atomic E-state index is -1.20. The van der Waals surface area contributed by atoms with Gasteiger partial charge in [-0.05, 0) is 31.0 Å². The number of unbranched alkanes of at least 4 members (excludes halogenated alkanes) is 34. The zero-order valence-electron chi connectivity index (χ0n) is 36.1. The van der Waals surface area contributed by atoms with Crippen LogP contribution in [0.15, 0.2) is 18.2 Å². The molecule has 0 atom stereocenters. The molecule has 1 rings (SSSR count). The molecule has 0 saturated carbocycles. The number of ether oxygens (including phenoxy) is 2. The molecule has 0 heterocycles. The van der Waals surface area contributed by atoms with Crippen LogP contribution in [-0.4, -0.2) is 36.2 Å². The molecule has 0 unspecified atom stereocenters. The summed E-state index contributed by atoms with van der Waals surface area (Å²) in [6, 6.07) is 3.94. The number of carbonyl (C=O) groups excluding carboxylic acids is 2. The zero-order chi connectivity index (χ0) is 39.9. The van der Waals surface area contributed by atoms with Crippen molar-refractivity contribution in [2.24, 2.45) is 0 Å². The zero-order valence-corrected chi connectivity index (χ0v) is 36.1. The van der Waals surface area contributed by atoms with Crippen molar-refractivity contribution in [2.75, 3.05) is 13.2 Å². The van der Waals surface area contributed by atoms with Crippen molar-refractivity contribution in [3.05, 3.63) is 34.9 Å². The van der Waals surface area contributed by atoms with Gasteiger partial charge in [0, 0.05) is 0 Å². The van der Waals surface area contributed by atoms with E-state index in [4.69, 9.17) is 9.47 Å². The van der Waals surface area contributed by atoms with E-state index in [0.29, 0.717) is 0 Å². The van der Waals surface area contributed by atoms with Gasteiger partial charge in [-0.3, -0.25) is 0 Å². The van der Waals surface area contributed by atoms with Crippen molar-refractivity contribution in [2.45, 2.75) is 245 Å². The van der Waals surface area contributed by atoms with Crippen molar-refractivity contribution in [1.82, 2.24) is 0 Å². The Morgan fingerprint density at radius 1 is 0.345 bits per heavy atom. The first-order chi connectivity index (χ1) is 27.0. The van der Waals surface area contributed by atoms with Gasteiger partial charge in [-0.15, -0.1) is 0 Å². The molecule has 1 aromatic carbocycles. The first-order valence-electron chi connectivity index (χ1n) is 23.7. The number of hydrogen-bond acceptors (Lipinski definition) is 5. The van der Waals surface area contributed by atoms with Crippen LogP contribution in [0.2, 0.25) is 0 Å². The first-order valence-corrected chi connectivity index (χ1v) is 23.7. The molecule has 55 heavy (non-hydrogen) atoms. The minimum absolute atomic E-state index is 0.0717. The Hall–Kier alpha value is -2.37. The number of esters is 2. The van der Waals surface area contributed by atoms with Gasteiger partial charge in [0.1, 0.15) is 0 Å². The summed E-state index contributed by atoms with van der Waals surface area (Å²) in [5, 5.41) is 9.58. The summed E-state index contributed by atoms with van der Waals surface area (Å²) in [4.78, 5) is 37.2. The number of benzene rings is 1. The number of aromatic carboxylic acids is 1. The van der Waals surface area contributed by atoms with Crippen molar-refractivity contribution in [1.29, 1.82) is 0 Å². The molecule has 0 saturated heterocycles. The van der Waals surface area contributed by atoms with Gasteiger partial charge in [-0.1, -0.05) is 232 Å². The van der Waals surface area contributed by atoms with Gasteiger partial charge in [0.15, 0.2) is 0 Å². The summed E-state index contributed by atoms with van der Waals surface area (Å²) in [5.41, 5.74) is 0.0209. The third kappa shape index (κ3) is 31.4. The van der Waals surface area contributed by atoms with Crippen LogP contribution < -0.4 is 0 Å². The maximum absolute atomic E-state index is 12.8. The van der Waals surface area contributed by atoms with Crippen LogP contribution in [0.1, 0.15) is 276 Å². The molecular formula is C49H86O6. The molecule has 0 fully saturated rings. The van der Waals surface area contributed by atoms with Crippen LogP contribution in [0, 0.1) is 0 Å². The Morgan fingerprint density at radius 2 is 0.545 bits per heavy atom. The number of carboxylic acid groups (broad SMARTS) is 1. The number of carbonyl (C=O) groups is 3. The summed E-state index contributed by atoms with van der Waals surface area (Å²) < 4.78 is 10.9. The molecule has 318 valence electrons. The van der Waals surface area contributed by atoms with Crippen molar-refractivity contribution >= 4 is 17.9 Å². The van der Waals surface area contributed by atoms with Crippen molar-refractivity contribution < 1.29 is 29.0 Å². The monoisotopic (exact) mass is 771 g/mol. The lowest BCUT2D eigenvalue weighted by Gasteiger charge is -2.09. The minimum Gasteiger partial charge on any atom is -0.478 e. The molecule has 6 heteroatoms. The van der Waals surface area contributed by atoms with E-state index in [0.717, 1.165) is 38.5 Å². The molecule has 0 bridgehead atoms. The molecule has 0 aromatic heterocycles. The van der Waals surface area contributed by atoms with Gasteiger partial charge < -0.3 is 14.6 Å². The van der Waals surface area contributed by atoms with Crippen molar-refractivity contribution in [3.8, 4) is 0 Å². The third-order valence-electron chi connectivity index (χ3n) is 11.1. The van der Waals surface area contributed by atoms with Gasteiger partial charge in [-0.2, -0.15) is 0 Å². The average molecular weight is 771 g/mol. The number of rotatable bonds is 41. The van der Waals surface area contributed by atoms with E-state index in [2.05, 4.69) is 13.8 Å². The molecule has 6 nitrogen and oxygen atoms in total. The molecule has 0 aliphatic carbocycles. The Bertz CT molecular complexity index is 980. The second-order valence-corrected chi connectivity index (χ2v) is 16.4. The Balaban J connectivity index is 2.08. The van der Waals surface area contributed by atoms with Crippen LogP contribution >= 0.6 is 0 Å². The SMILES string of the molecule is CCCCCCCCCCCCCCCCCCCCOC(=O)c1cc(C(=O)O)cc(C(=O)OCCCCCCCCCCCCCCCCCCCC)c1. The van der Waals surface area contributed by atoms with Gasteiger partial charge >= 0.3 is 17.9 Å². The van der Waals surface area contributed by atoms with E-state index in [1.807, 2.05) is 0 Å². The highest BCUT2D eigenvalue weighted by Crippen LogP contribution is 2.18. The third-order valence-corrected chi connectivity index (χ3v) is 11.1. The molecule has 0 aliphatic rings. The maximum atomic E-state index is 12.8. The quantitative estimate of drug-likeness (QED) is 0.0527. The molecule has 1 N–H and O–H groups in total. The highest BCUT2D eigenvalue weighted by molar-refractivity contribution is 6.00. The van der Waals surface area contributed by atoms with Gasteiger partial charge in [-0.25, -0.2) is 14.4 Å². The predicted octanol–water partition coefficient (Wildman–Crippen LogP) is 15.8. The lowest BCUT2D eigenvalue weighted by atomic mass is 10.0. The molecule has 1 aromatic rings. The van der Waals surface area contributed by atoms with Crippen LogP contribution in [0.5, 0.6) is 0 Å². The number of hydrogen-bond donors (Lipinski definition) is 1. The Morgan fingerprint density at radius 3 is 0.764 bits per heavy atom. The molecule has 0 spiro atoms. The molecule has 0 aliphatic heterocycles. The first kappa shape index (κ1) is 50.6. The van der Waals surface area contributed by atoms with E-state index < -0.39 is 17.9 Å². The van der Waals surface area contributed by atoms with Crippen LogP contribution in [0.4, 0.5) is 0 Å². The summed E-state index contributed by atoms with van der Waals surface area (Å²) >= 11 is 0. The van der Waals surface area contributed by atoms with Gasteiger partial charge in [0.05, 0.1) is 29.9 Å². The van der Waals surface area contributed by atoms with Crippen LogP contribution in [0.25, 0.3) is 0 Å². The second-order valence-electron chi connectivity index (χ2n) is 16.4. The lowest BCUT2D eigenvalue weighted by molar-refractivity contribution is 0.0496. The fourth-order valence-corrected chi connectivity index (χ4v) is 7.49. The highest BCUT2D eigenvalue weighted by atomic mass is 16.5. The molecule has 0 amide bonds. The topological polar surface area (TPSA) is 89.9 Å². The predicted molar refractivity (Wildman–Crippen MR) is 232 cm³/mol. The summed E-state index contributed by atoms with van der Waals surface area (Å²) in [5.74, 6) is -2.41. The van der Waals surface area contributed by atoms with Crippen molar-refractivity contribution in [3.63, 3.8) is 0 Å². The van der Waals surface area contributed by atoms with E-state index >= 15 is 0 Å². The smallest absolute Gasteiger partial charge is 0.338 e. The lowest BCUT2D eigenvalue weighted by Crippen LogP contribution is -2.13. The largest absolute Gasteiger partial charge is 0.478 e. The van der Waals surface area contributed by atoms with E-state index in [1.54, 1.807) is 0 Å². The molecule has 0 radical (unpaired) electrons. The number of carboxylic acids is 1. The summed E-state index contributed by atoms with van der Waals surface area (Å²) in [6.45, 7) is 5.12. The fraction of sp³-hybridized carbons (Fsp3) is 0.816. The summed E-state index contributed by atoms with van der Waals surface area (Å²) in [7, 11) is 0. The maximum Gasteiger partial charge on any atom is 0.338 e. The van der Waals surface area contributed by atoms with Crippen LogP contribution in [0.3, 0.4) is 0 Å². The Kier molecular flexibility index (Phi) is 35.5. The second kappa shape index (κ2) is 38.5. The molecular weight excluding hydrogens is 685 g/mol. The van der Waals surface area contributed by atoms with E-state index in [9.17, 15) is 19.5 Å². The Labute approximate surface area is 339 Å². The fourth-order valence-electron chi connectivity index (χ4n) is 7.49. The van der Waals surface area contributed by atoms with E-state index in [1.165, 1.54) is 211 Å². The average Bonchev–Trinajstić information content (AvgIpc) is 3.19. The van der Waals surface area contributed by atoms with Crippen LogP contribution in [-0.2, 0) is 9.47 Å². The van der Waals surface area contributed by atoms with Gasteiger partial charge in [0.25, 0.3) is 0 Å². The normalized spacial score (nSPS) is 11.2.